The summed E-state index contributed by atoms with van der Waals surface area (Å²) < 4.78 is 13.1. The number of aryl methyl sites for hydroxylation is 1. The zero-order chi connectivity index (χ0) is 11.5. The summed E-state index contributed by atoms with van der Waals surface area (Å²) in [6.07, 6.45) is 3.46. The number of aromatic nitrogens is 2. The first-order valence-corrected chi connectivity index (χ1v) is 5.55. The molecule has 2 rings (SSSR count). The molecule has 0 saturated heterocycles. The van der Waals surface area contributed by atoms with Crippen molar-refractivity contribution < 1.29 is 4.39 Å². The van der Waals surface area contributed by atoms with Crippen molar-refractivity contribution in [2.24, 2.45) is 0 Å². The zero-order valence-corrected chi connectivity index (χ0v) is 9.46. The highest BCUT2D eigenvalue weighted by Gasteiger charge is 1.98. The van der Waals surface area contributed by atoms with Gasteiger partial charge in [0.05, 0.1) is 11.4 Å². The number of hydrogen-bond acceptors (Lipinski definition) is 4. The van der Waals surface area contributed by atoms with E-state index in [4.69, 9.17) is 5.73 Å². The summed E-state index contributed by atoms with van der Waals surface area (Å²) in [5.74, 6) is -0.444. The monoisotopic (exact) mass is 235 g/mol. The van der Waals surface area contributed by atoms with E-state index in [-0.39, 0.29) is 0 Å². The molecule has 16 heavy (non-hydrogen) atoms. The third kappa shape index (κ3) is 2.43. The van der Waals surface area contributed by atoms with Crippen LogP contribution in [-0.2, 0) is 0 Å². The van der Waals surface area contributed by atoms with Crippen LogP contribution < -0.4 is 5.73 Å². The van der Waals surface area contributed by atoms with Gasteiger partial charge in [-0.05, 0) is 25.1 Å². The highest BCUT2D eigenvalue weighted by atomic mass is 32.1. The minimum atomic E-state index is -0.444. The number of nitrogens with two attached hydrogens (primary N) is 1. The Morgan fingerprint density at radius 2 is 2.00 bits per heavy atom. The Morgan fingerprint density at radius 1 is 1.25 bits per heavy atom. The minimum Gasteiger partial charge on any atom is -0.375 e. The van der Waals surface area contributed by atoms with Gasteiger partial charge < -0.3 is 5.73 Å². The quantitative estimate of drug-likeness (QED) is 0.814. The van der Waals surface area contributed by atoms with Gasteiger partial charge in [-0.25, -0.2) is 9.97 Å². The standard InChI is InChI=1S/C11H10FN3S/c1-7-2-3-8(14-10(7)12)4-5-9-6-16-11(13)15-9/h2-6H,1H3,(H2,13,15). The molecule has 2 N–H and O–H groups in total. The normalized spacial score (nSPS) is 11.1. The molecule has 0 unspecified atom stereocenters. The number of nitrogens with zero attached hydrogens (tertiary/aromatic N) is 2. The molecule has 0 aliphatic carbocycles. The second-order valence-corrected chi connectivity index (χ2v) is 4.18. The van der Waals surface area contributed by atoms with Crippen LogP contribution in [0.2, 0.25) is 0 Å². The van der Waals surface area contributed by atoms with E-state index in [9.17, 15) is 4.39 Å². The summed E-state index contributed by atoms with van der Waals surface area (Å²) in [7, 11) is 0. The van der Waals surface area contributed by atoms with Gasteiger partial charge in [0.1, 0.15) is 0 Å². The number of hydrogen-bond donors (Lipinski definition) is 1. The Morgan fingerprint density at radius 3 is 2.62 bits per heavy atom. The van der Waals surface area contributed by atoms with Crippen LogP contribution in [0.4, 0.5) is 9.52 Å². The number of halogens is 1. The Hall–Kier alpha value is -1.75. The smallest absolute Gasteiger partial charge is 0.216 e. The highest BCUT2D eigenvalue weighted by Crippen LogP contribution is 2.14. The Kier molecular flexibility index (Phi) is 2.96. The first-order chi connectivity index (χ1) is 7.65. The first kappa shape index (κ1) is 10.8. The fourth-order valence-electron chi connectivity index (χ4n) is 1.16. The van der Waals surface area contributed by atoms with E-state index in [2.05, 4.69) is 9.97 Å². The van der Waals surface area contributed by atoms with E-state index in [1.165, 1.54) is 11.3 Å². The molecule has 2 aromatic rings. The van der Waals surface area contributed by atoms with Crippen molar-refractivity contribution in [1.29, 1.82) is 0 Å². The number of thiazole rings is 1. The van der Waals surface area contributed by atoms with Crippen LogP contribution in [0.1, 0.15) is 17.0 Å². The predicted molar refractivity (Wildman–Crippen MR) is 64.4 cm³/mol. The van der Waals surface area contributed by atoms with Gasteiger partial charge in [-0.1, -0.05) is 6.07 Å². The molecule has 0 bridgehead atoms. The molecule has 3 nitrogen and oxygen atoms in total. The molecule has 2 heterocycles. The molecule has 0 amide bonds. The fourth-order valence-corrected chi connectivity index (χ4v) is 1.69. The molecule has 0 aliphatic heterocycles. The van der Waals surface area contributed by atoms with Crippen LogP contribution in [0.25, 0.3) is 12.2 Å². The van der Waals surface area contributed by atoms with Gasteiger partial charge in [0.15, 0.2) is 5.13 Å². The van der Waals surface area contributed by atoms with Crippen molar-refractivity contribution >= 4 is 28.6 Å². The average Bonchev–Trinajstić information content (AvgIpc) is 2.66. The first-order valence-electron chi connectivity index (χ1n) is 4.67. The van der Waals surface area contributed by atoms with Gasteiger partial charge in [0.25, 0.3) is 0 Å². The van der Waals surface area contributed by atoms with Crippen LogP contribution in [0.3, 0.4) is 0 Å². The van der Waals surface area contributed by atoms with E-state index < -0.39 is 5.95 Å². The average molecular weight is 235 g/mol. The largest absolute Gasteiger partial charge is 0.375 e. The maximum absolute atomic E-state index is 13.1. The third-order valence-corrected chi connectivity index (χ3v) is 2.71. The molecule has 2 aromatic heterocycles. The van der Waals surface area contributed by atoms with Gasteiger partial charge in [0.2, 0.25) is 5.95 Å². The van der Waals surface area contributed by atoms with Crippen molar-refractivity contribution in [3.8, 4) is 0 Å². The fraction of sp³-hybridized carbons (Fsp3) is 0.0909. The molecular weight excluding hydrogens is 225 g/mol. The molecular formula is C11H10FN3S. The lowest BCUT2D eigenvalue weighted by atomic mass is 10.2. The summed E-state index contributed by atoms with van der Waals surface area (Å²) in [4.78, 5) is 7.84. The summed E-state index contributed by atoms with van der Waals surface area (Å²) in [5.41, 5.74) is 7.35. The third-order valence-electron chi connectivity index (χ3n) is 2.02. The van der Waals surface area contributed by atoms with Crippen molar-refractivity contribution in [3.05, 3.63) is 40.4 Å². The SMILES string of the molecule is Cc1ccc(C=Cc2csc(N)n2)nc1F. The van der Waals surface area contributed by atoms with Gasteiger partial charge in [-0.3, -0.25) is 0 Å². The predicted octanol–water partition coefficient (Wildman–Crippen LogP) is 2.74. The summed E-state index contributed by atoms with van der Waals surface area (Å²) in [5, 5.41) is 2.35. The number of rotatable bonds is 2. The summed E-state index contributed by atoms with van der Waals surface area (Å²) >= 11 is 1.37. The lowest BCUT2D eigenvalue weighted by Crippen LogP contribution is -1.89. The molecule has 0 atom stereocenters. The maximum atomic E-state index is 13.1. The molecule has 0 spiro atoms. The van der Waals surface area contributed by atoms with Gasteiger partial charge in [-0.2, -0.15) is 4.39 Å². The van der Waals surface area contributed by atoms with E-state index in [0.29, 0.717) is 16.4 Å². The maximum Gasteiger partial charge on any atom is 0.216 e. The second kappa shape index (κ2) is 4.40. The molecule has 0 aromatic carbocycles. The topological polar surface area (TPSA) is 51.8 Å². The van der Waals surface area contributed by atoms with E-state index in [0.717, 1.165) is 5.69 Å². The molecule has 0 saturated carbocycles. The van der Waals surface area contributed by atoms with Crippen LogP contribution in [-0.4, -0.2) is 9.97 Å². The van der Waals surface area contributed by atoms with Crippen molar-refractivity contribution in [2.75, 3.05) is 5.73 Å². The number of anilines is 1. The zero-order valence-electron chi connectivity index (χ0n) is 8.64. The van der Waals surface area contributed by atoms with E-state index >= 15 is 0 Å². The Bertz CT molecular complexity index is 534. The van der Waals surface area contributed by atoms with Crippen molar-refractivity contribution in [1.82, 2.24) is 9.97 Å². The molecule has 5 heteroatoms. The van der Waals surface area contributed by atoms with Crippen LogP contribution in [0.5, 0.6) is 0 Å². The number of nitrogen functional groups attached to an aromatic ring is 1. The van der Waals surface area contributed by atoms with Crippen LogP contribution in [0.15, 0.2) is 17.5 Å². The number of pyridine rings is 1. The second-order valence-electron chi connectivity index (χ2n) is 3.29. The van der Waals surface area contributed by atoms with Crippen LogP contribution in [0, 0.1) is 12.9 Å². The minimum absolute atomic E-state index is 0.444. The lowest BCUT2D eigenvalue weighted by molar-refractivity contribution is 0.573. The van der Waals surface area contributed by atoms with Gasteiger partial charge >= 0.3 is 0 Å². The Balaban J connectivity index is 2.20. The van der Waals surface area contributed by atoms with Crippen molar-refractivity contribution in [3.63, 3.8) is 0 Å². The van der Waals surface area contributed by atoms with E-state index in [1.807, 2.05) is 5.38 Å². The Labute approximate surface area is 96.5 Å². The van der Waals surface area contributed by atoms with E-state index in [1.54, 1.807) is 31.2 Å². The highest BCUT2D eigenvalue weighted by molar-refractivity contribution is 7.13. The lowest BCUT2D eigenvalue weighted by Gasteiger charge is -1.96. The van der Waals surface area contributed by atoms with Crippen molar-refractivity contribution in [2.45, 2.75) is 6.92 Å². The molecule has 0 radical (unpaired) electrons. The summed E-state index contributed by atoms with van der Waals surface area (Å²) in [6, 6.07) is 3.45. The molecule has 82 valence electrons. The molecule has 0 fully saturated rings. The summed E-state index contributed by atoms with van der Waals surface area (Å²) in [6.45, 7) is 1.68. The van der Waals surface area contributed by atoms with Gasteiger partial charge in [0, 0.05) is 10.9 Å². The van der Waals surface area contributed by atoms with Gasteiger partial charge in [-0.15, -0.1) is 11.3 Å². The molecule has 0 aliphatic rings. The van der Waals surface area contributed by atoms with Crippen LogP contribution >= 0.6 is 11.3 Å².